The van der Waals surface area contributed by atoms with Crippen LogP contribution in [0.2, 0.25) is 5.02 Å². The van der Waals surface area contributed by atoms with Crippen LogP contribution in [-0.4, -0.2) is 51.2 Å². The smallest absolute Gasteiger partial charge is 0.253 e. The van der Waals surface area contributed by atoms with Gasteiger partial charge in [-0.25, -0.2) is 12.7 Å². The van der Waals surface area contributed by atoms with Gasteiger partial charge in [-0.1, -0.05) is 11.6 Å². The van der Waals surface area contributed by atoms with Crippen molar-refractivity contribution in [2.24, 2.45) is 0 Å². The van der Waals surface area contributed by atoms with E-state index in [1.54, 1.807) is 6.92 Å². The Labute approximate surface area is 141 Å². The average molecular weight is 362 g/mol. The van der Waals surface area contributed by atoms with E-state index < -0.39 is 22.0 Å². The second-order valence-electron chi connectivity index (χ2n) is 5.02. The van der Waals surface area contributed by atoms with Gasteiger partial charge in [-0.3, -0.25) is 9.59 Å². The molecular formula is C14H20ClN3O4S. The minimum atomic E-state index is -3.69. The summed E-state index contributed by atoms with van der Waals surface area (Å²) in [6.45, 7) is 3.73. The Morgan fingerprint density at radius 2 is 1.91 bits per heavy atom. The van der Waals surface area contributed by atoms with Crippen LogP contribution in [-0.2, 0) is 14.8 Å². The summed E-state index contributed by atoms with van der Waals surface area (Å²) in [5.41, 5.74) is -0.00857. The van der Waals surface area contributed by atoms with Crippen molar-refractivity contribution in [3.8, 4) is 0 Å². The molecule has 0 radical (unpaired) electrons. The number of rotatable bonds is 6. The molecule has 9 heteroatoms. The first kappa shape index (κ1) is 19.4. The van der Waals surface area contributed by atoms with Crippen LogP contribution in [0.15, 0.2) is 23.1 Å². The van der Waals surface area contributed by atoms with Crippen LogP contribution in [0.5, 0.6) is 0 Å². The Morgan fingerprint density at radius 1 is 1.30 bits per heavy atom. The lowest BCUT2D eigenvalue weighted by atomic mass is 10.2. The molecule has 0 fully saturated rings. The third kappa shape index (κ3) is 4.66. The number of carbonyl (C=O) groups is 2. The van der Waals surface area contributed by atoms with Gasteiger partial charge in [0.05, 0.1) is 15.5 Å². The lowest BCUT2D eigenvalue weighted by Gasteiger charge is -2.15. The zero-order valence-corrected chi connectivity index (χ0v) is 15.0. The first-order chi connectivity index (χ1) is 10.6. The molecule has 1 aromatic rings. The molecule has 128 valence electrons. The van der Waals surface area contributed by atoms with Gasteiger partial charge in [-0.15, -0.1) is 0 Å². The molecule has 0 aromatic heterocycles. The standard InChI is InChI=1S/C14H20ClN3O4S/c1-5-16-13(19)9(2)17-14(20)11-8-10(6-7-12(11)15)23(21,22)18(3)4/h6-9H,5H2,1-4H3,(H,16,19)(H,17,20)/t9-/m0/s1. The largest absolute Gasteiger partial charge is 0.355 e. The molecule has 0 heterocycles. The van der Waals surface area contributed by atoms with Crippen molar-refractivity contribution in [3.63, 3.8) is 0 Å². The monoisotopic (exact) mass is 361 g/mol. The number of hydrogen-bond acceptors (Lipinski definition) is 4. The molecule has 0 unspecified atom stereocenters. The maximum Gasteiger partial charge on any atom is 0.253 e. The van der Waals surface area contributed by atoms with Gasteiger partial charge in [0.1, 0.15) is 6.04 Å². The summed E-state index contributed by atoms with van der Waals surface area (Å²) in [5.74, 6) is -0.960. The van der Waals surface area contributed by atoms with Gasteiger partial charge in [0.2, 0.25) is 15.9 Å². The minimum absolute atomic E-state index is 0.00857. The van der Waals surface area contributed by atoms with E-state index in [-0.39, 0.29) is 21.4 Å². The Morgan fingerprint density at radius 3 is 2.43 bits per heavy atom. The van der Waals surface area contributed by atoms with Crippen LogP contribution in [0.1, 0.15) is 24.2 Å². The quantitative estimate of drug-likeness (QED) is 0.785. The number of nitrogens with zero attached hydrogens (tertiary/aromatic N) is 1. The van der Waals surface area contributed by atoms with E-state index >= 15 is 0 Å². The molecule has 23 heavy (non-hydrogen) atoms. The summed E-state index contributed by atoms with van der Waals surface area (Å²) in [6, 6.07) is 3.08. The second-order valence-corrected chi connectivity index (χ2v) is 7.58. The molecule has 2 amide bonds. The lowest BCUT2D eigenvalue weighted by molar-refractivity contribution is -0.122. The predicted octanol–water partition coefficient (Wildman–Crippen LogP) is 0.845. The Balaban J connectivity index is 3.09. The van der Waals surface area contributed by atoms with Gasteiger partial charge in [-0.2, -0.15) is 0 Å². The third-order valence-electron chi connectivity index (χ3n) is 3.05. The van der Waals surface area contributed by atoms with Crippen LogP contribution in [0.3, 0.4) is 0 Å². The van der Waals surface area contributed by atoms with Crippen LogP contribution in [0.4, 0.5) is 0 Å². The fourth-order valence-electron chi connectivity index (χ4n) is 1.72. The first-order valence-corrected chi connectivity index (χ1v) is 8.73. The highest BCUT2D eigenvalue weighted by molar-refractivity contribution is 7.89. The average Bonchev–Trinajstić information content (AvgIpc) is 2.47. The summed E-state index contributed by atoms with van der Waals surface area (Å²) in [7, 11) is -0.908. The normalized spacial score (nSPS) is 12.8. The Kier molecular flexibility index (Phi) is 6.55. The molecule has 1 aromatic carbocycles. The highest BCUT2D eigenvalue weighted by Gasteiger charge is 2.22. The number of sulfonamides is 1. The van der Waals surface area contributed by atoms with E-state index in [0.29, 0.717) is 6.54 Å². The zero-order chi connectivity index (χ0) is 17.8. The number of halogens is 1. The van der Waals surface area contributed by atoms with Crippen LogP contribution in [0, 0.1) is 0 Å². The second kappa shape index (κ2) is 7.76. The van der Waals surface area contributed by atoms with E-state index in [0.717, 1.165) is 4.31 Å². The molecule has 2 N–H and O–H groups in total. The summed E-state index contributed by atoms with van der Waals surface area (Å²) in [4.78, 5) is 23.8. The molecule has 0 aliphatic heterocycles. The number of amides is 2. The molecule has 0 bridgehead atoms. The van der Waals surface area contributed by atoms with Gasteiger partial charge in [0.15, 0.2) is 0 Å². The Bertz CT molecular complexity index is 704. The summed E-state index contributed by atoms with van der Waals surface area (Å²) in [6.07, 6.45) is 0. The molecule has 0 saturated carbocycles. The van der Waals surface area contributed by atoms with Crippen molar-refractivity contribution >= 4 is 33.4 Å². The van der Waals surface area contributed by atoms with E-state index in [1.807, 2.05) is 0 Å². The third-order valence-corrected chi connectivity index (χ3v) is 5.19. The van der Waals surface area contributed by atoms with Crippen molar-refractivity contribution in [2.45, 2.75) is 24.8 Å². The highest BCUT2D eigenvalue weighted by atomic mass is 35.5. The van der Waals surface area contributed by atoms with Gasteiger partial charge in [0.25, 0.3) is 5.91 Å². The Hall–Kier alpha value is -1.64. The first-order valence-electron chi connectivity index (χ1n) is 6.92. The molecule has 0 saturated heterocycles. The van der Waals surface area contributed by atoms with Crippen molar-refractivity contribution in [3.05, 3.63) is 28.8 Å². The fourth-order valence-corrected chi connectivity index (χ4v) is 2.85. The summed E-state index contributed by atoms with van der Waals surface area (Å²) in [5, 5.41) is 5.16. The van der Waals surface area contributed by atoms with Crippen LogP contribution >= 0.6 is 11.6 Å². The maximum atomic E-state index is 12.2. The van der Waals surface area contributed by atoms with Crippen molar-refractivity contribution in [1.29, 1.82) is 0 Å². The van der Waals surface area contributed by atoms with E-state index in [1.165, 1.54) is 39.2 Å². The number of carbonyl (C=O) groups excluding carboxylic acids is 2. The number of nitrogens with one attached hydrogen (secondary N) is 2. The van der Waals surface area contributed by atoms with Crippen molar-refractivity contribution in [2.75, 3.05) is 20.6 Å². The van der Waals surface area contributed by atoms with Crippen molar-refractivity contribution in [1.82, 2.24) is 14.9 Å². The number of likely N-dealkylation sites (N-methyl/N-ethyl adjacent to an activating group) is 1. The summed E-state index contributed by atoms with van der Waals surface area (Å²) >= 11 is 5.98. The predicted molar refractivity (Wildman–Crippen MR) is 87.9 cm³/mol. The number of hydrogen-bond donors (Lipinski definition) is 2. The highest BCUT2D eigenvalue weighted by Crippen LogP contribution is 2.22. The molecule has 1 atom stereocenters. The lowest BCUT2D eigenvalue weighted by Crippen LogP contribution is -2.44. The molecule has 0 spiro atoms. The maximum absolute atomic E-state index is 12.2. The molecule has 0 aliphatic carbocycles. The van der Waals surface area contributed by atoms with E-state index in [4.69, 9.17) is 11.6 Å². The molecule has 7 nitrogen and oxygen atoms in total. The topological polar surface area (TPSA) is 95.6 Å². The van der Waals surface area contributed by atoms with Crippen LogP contribution < -0.4 is 10.6 Å². The van der Waals surface area contributed by atoms with E-state index in [2.05, 4.69) is 10.6 Å². The SMILES string of the molecule is CCNC(=O)[C@H](C)NC(=O)c1cc(S(=O)(=O)N(C)C)ccc1Cl. The van der Waals surface area contributed by atoms with Crippen LogP contribution in [0.25, 0.3) is 0 Å². The van der Waals surface area contributed by atoms with Gasteiger partial charge >= 0.3 is 0 Å². The van der Waals surface area contributed by atoms with Gasteiger partial charge in [-0.05, 0) is 32.0 Å². The molecule has 0 aliphatic rings. The van der Waals surface area contributed by atoms with Gasteiger partial charge < -0.3 is 10.6 Å². The molecule has 1 rings (SSSR count). The minimum Gasteiger partial charge on any atom is -0.355 e. The fraction of sp³-hybridized carbons (Fsp3) is 0.429. The van der Waals surface area contributed by atoms with E-state index in [9.17, 15) is 18.0 Å². The zero-order valence-electron chi connectivity index (χ0n) is 13.4. The number of benzene rings is 1. The summed E-state index contributed by atoms with van der Waals surface area (Å²) < 4.78 is 25.3. The van der Waals surface area contributed by atoms with Crippen molar-refractivity contribution < 1.29 is 18.0 Å². The van der Waals surface area contributed by atoms with Gasteiger partial charge in [0, 0.05) is 20.6 Å². The molecular weight excluding hydrogens is 342 g/mol.